The van der Waals surface area contributed by atoms with Gasteiger partial charge >= 0.3 is 11.5 Å². The summed E-state index contributed by atoms with van der Waals surface area (Å²) in [7, 11) is 1.89. The SMILES string of the molecule is CCCCCc1cccc(C(=S)OC2N(C)CC[N+]2([O-])c2nnc(C(C)C)s2)c1. The van der Waals surface area contributed by atoms with E-state index in [0.29, 0.717) is 23.3 Å². The molecule has 8 heteroatoms. The molecule has 1 aromatic carbocycles. The van der Waals surface area contributed by atoms with Crippen molar-refractivity contribution < 1.29 is 4.74 Å². The zero-order valence-corrected chi connectivity index (χ0v) is 19.3. The standard InChI is InChI=1S/C21H30N4O2S2/c1-5-6-7-9-16-10-8-11-17(14-16)19(28)27-21-24(4)12-13-25(21,26)20-23-22-18(29-20)15(2)3/h8,10-11,14-15,21H,5-7,9,12-13H2,1-4H3. The number of aryl methyl sites for hydroxylation is 1. The summed E-state index contributed by atoms with van der Waals surface area (Å²) in [6, 6.07) is 8.14. The maximum absolute atomic E-state index is 13.7. The average molecular weight is 435 g/mol. The van der Waals surface area contributed by atoms with Crippen LogP contribution in [0.5, 0.6) is 0 Å². The van der Waals surface area contributed by atoms with E-state index in [1.54, 1.807) is 0 Å². The number of hydrogen-bond acceptors (Lipinski definition) is 7. The first-order valence-electron chi connectivity index (χ1n) is 10.3. The average Bonchev–Trinajstić information content (AvgIpc) is 3.31. The Morgan fingerprint density at radius 3 is 2.86 bits per heavy atom. The van der Waals surface area contributed by atoms with Crippen LogP contribution in [-0.4, -0.2) is 46.6 Å². The predicted molar refractivity (Wildman–Crippen MR) is 123 cm³/mol. The maximum Gasteiger partial charge on any atom is 0.310 e. The quantitative estimate of drug-likeness (QED) is 0.257. The van der Waals surface area contributed by atoms with Crippen molar-refractivity contribution in [2.75, 3.05) is 20.1 Å². The molecule has 1 fully saturated rings. The fourth-order valence-corrected chi connectivity index (χ4v) is 4.56. The first-order chi connectivity index (χ1) is 13.8. The number of rotatable bonds is 8. The van der Waals surface area contributed by atoms with Gasteiger partial charge in [-0.05, 0) is 55.1 Å². The van der Waals surface area contributed by atoms with E-state index >= 15 is 0 Å². The van der Waals surface area contributed by atoms with Crippen molar-refractivity contribution >= 4 is 33.7 Å². The third-order valence-electron chi connectivity index (χ3n) is 5.21. The second-order valence-corrected chi connectivity index (χ2v) is 9.32. The number of aromatic nitrogens is 2. The number of unbranched alkanes of at least 4 members (excludes halogenated alkanes) is 2. The molecular weight excluding hydrogens is 404 g/mol. The molecule has 0 radical (unpaired) electrons. The van der Waals surface area contributed by atoms with Crippen molar-refractivity contribution in [1.82, 2.24) is 19.7 Å². The first kappa shape index (κ1) is 22.2. The lowest BCUT2D eigenvalue weighted by molar-refractivity contribution is -0.00421. The highest BCUT2D eigenvalue weighted by atomic mass is 32.1. The van der Waals surface area contributed by atoms with Gasteiger partial charge in [0.1, 0.15) is 11.6 Å². The van der Waals surface area contributed by atoms with Gasteiger partial charge in [-0.3, -0.25) is 4.65 Å². The van der Waals surface area contributed by atoms with Gasteiger partial charge in [-0.15, -0.1) is 5.10 Å². The molecule has 2 unspecified atom stereocenters. The highest BCUT2D eigenvalue weighted by Crippen LogP contribution is 2.36. The van der Waals surface area contributed by atoms with Crippen molar-refractivity contribution in [3.63, 3.8) is 0 Å². The van der Waals surface area contributed by atoms with E-state index in [0.717, 1.165) is 23.4 Å². The van der Waals surface area contributed by atoms with Crippen LogP contribution in [-0.2, 0) is 11.2 Å². The Morgan fingerprint density at radius 2 is 2.17 bits per heavy atom. The Balaban J connectivity index is 1.76. The monoisotopic (exact) mass is 434 g/mol. The number of thiocarbonyl (C=S) groups is 1. The van der Waals surface area contributed by atoms with E-state index in [1.165, 1.54) is 29.7 Å². The van der Waals surface area contributed by atoms with Crippen LogP contribution in [0.4, 0.5) is 5.13 Å². The molecule has 0 spiro atoms. The molecule has 1 aliphatic heterocycles. The lowest BCUT2D eigenvalue weighted by atomic mass is 10.0. The minimum atomic E-state index is -0.751. The van der Waals surface area contributed by atoms with Crippen molar-refractivity contribution in [2.45, 2.75) is 58.7 Å². The summed E-state index contributed by atoms with van der Waals surface area (Å²) in [5.74, 6) is 0.240. The number of ether oxygens (including phenoxy) is 1. The predicted octanol–water partition coefficient (Wildman–Crippen LogP) is 4.82. The molecule has 1 saturated heterocycles. The normalized spacial score (nSPS) is 22.3. The zero-order valence-electron chi connectivity index (χ0n) is 17.6. The Morgan fingerprint density at radius 1 is 1.38 bits per heavy atom. The number of quaternary nitrogens is 1. The summed E-state index contributed by atoms with van der Waals surface area (Å²) < 4.78 is 5.42. The van der Waals surface area contributed by atoms with Crippen LogP contribution < -0.4 is 4.65 Å². The molecule has 158 valence electrons. The van der Waals surface area contributed by atoms with Crippen LogP contribution in [0.1, 0.15) is 62.1 Å². The first-order valence-corrected chi connectivity index (χ1v) is 11.5. The van der Waals surface area contributed by atoms with Gasteiger partial charge in [0.15, 0.2) is 5.05 Å². The van der Waals surface area contributed by atoms with Crippen molar-refractivity contribution in [3.05, 3.63) is 45.6 Å². The third-order valence-corrected chi connectivity index (χ3v) is 6.88. The van der Waals surface area contributed by atoms with Crippen LogP contribution >= 0.6 is 23.6 Å². The second kappa shape index (κ2) is 9.57. The molecule has 1 aromatic heterocycles. The molecule has 29 heavy (non-hydrogen) atoms. The largest absolute Gasteiger partial charge is 0.622 e. The summed E-state index contributed by atoms with van der Waals surface area (Å²) in [4.78, 5) is 1.90. The lowest BCUT2D eigenvalue weighted by Crippen LogP contribution is -2.53. The fraction of sp³-hybridized carbons (Fsp3) is 0.571. The number of hydrogen-bond donors (Lipinski definition) is 0. The van der Waals surface area contributed by atoms with E-state index in [9.17, 15) is 5.21 Å². The molecule has 0 saturated carbocycles. The van der Waals surface area contributed by atoms with Crippen molar-refractivity contribution in [1.29, 1.82) is 0 Å². The van der Waals surface area contributed by atoms with E-state index in [1.807, 2.05) is 37.9 Å². The van der Waals surface area contributed by atoms with Crippen molar-refractivity contribution in [2.24, 2.45) is 0 Å². The van der Waals surface area contributed by atoms with Gasteiger partial charge in [0, 0.05) is 11.5 Å². The van der Waals surface area contributed by atoms with Crippen LogP contribution in [0.3, 0.4) is 0 Å². The minimum Gasteiger partial charge on any atom is -0.622 e. The van der Waals surface area contributed by atoms with Gasteiger partial charge in [0.25, 0.3) is 0 Å². The molecule has 2 aromatic rings. The molecule has 0 amide bonds. The second-order valence-electron chi connectivity index (χ2n) is 7.97. The van der Waals surface area contributed by atoms with E-state index < -0.39 is 11.0 Å². The number of benzene rings is 1. The Bertz CT molecular complexity index is 842. The van der Waals surface area contributed by atoms with Crippen LogP contribution in [0.15, 0.2) is 24.3 Å². The van der Waals surface area contributed by atoms with Gasteiger partial charge in [-0.1, -0.05) is 56.9 Å². The Kier molecular flexibility index (Phi) is 7.34. The van der Waals surface area contributed by atoms with E-state index in [-0.39, 0.29) is 5.92 Å². The minimum absolute atomic E-state index is 0.240. The smallest absolute Gasteiger partial charge is 0.310 e. The Hall–Kier alpha value is -1.45. The van der Waals surface area contributed by atoms with Gasteiger partial charge in [0.2, 0.25) is 0 Å². The van der Waals surface area contributed by atoms with Crippen LogP contribution in [0, 0.1) is 5.21 Å². The summed E-state index contributed by atoms with van der Waals surface area (Å²) in [5, 5.41) is 23.7. The highest BCUT2D eigenvalue weighted by molar-refractivity contribution is 7.80. The molecule has 0 aliphatic carbocycles. The van der Waals surface area contributed by atoms with Crippen LogP contribution in [0.2, 0.25) is 0 Å². The van der Waals surface area contributed by atoms with Gasteiger partial charge in [0.05, 0.1) is 6.54 Å². The molecular formula is C21H30N4O2S2. The maximum atomic E-state index is 13.7. The third kappa shape index (κ3) is 5.00. The van der Waals surface area contributed by atoms with Gasteiger partial charge in [-0.2, -0.15) is 0 Å². The van der Waals surface area contributed by atoms with Crippen LogP contribution in [0.25, 0.3) is 0 Å². The molecule has 0 bridgehead atoms. The van der Waals surface area contributed by atoms with Gasteiger partial charge in [-0.25, -0.2) is 4.90 Å². The molecule has 2 heterocycles. The molecule has 2 atom stereocenters. The fourth-order valence-electron chi connectivity index (χ4n) is 3.42. The molecule has 6 nitrogen and oxygen atoms in total. The Labute approximate surface area is 182 Å². The van der Waals surface area contributed by atoms with E-state index in [4.69, 9.17) is 17.0 Å². The number of hydroxylamine groups is 2. The molecule has 3 rings (SSSR count). The van der Waals surface area contributed by atoms with Gasteiger partial charge < -0.3 is 9.94 Å². The summed E-state index contributed by atoms with van der Waals surface area (Å²) >= 11 is 6.94. The molecule has 1 aliphatic rings. The topological polar surface area (TPSA) is 61.3 Å². The number of likely N-dealkylation sites (N-methyl/N-ethyl adjacent to an activating group) is 1. The highest BCUT2D eigenvalue weighted by Gasteiger charge is 2.46. The summed E-state index contributed by atoms with van der Waals surface area (Å²) in [6.07, 6.45) is 3.85. The zero-order chi connectivity index (χ0) is 21.0. The summed E-state index contributed by atoms with van der Waals surface area (Å²) in [5.41, 5.74) is 2.09. The lowest BCUT2D eigenvalue weighted by Gasteiger charge is -2.39. The van der Waals surface area contributed by atoms with Crippen molar-refractivity contribution in [3.8, 4) is 0 Å². The van der Waals surface area contributed by atoms with E-state index in [2.05, 4.69) is 29.3 Å². The number of nitrogens with zero attached hydrogens (tertiary/aromatic N) is 4. The molecule has 0 N–H and O–H groups in total. The summed E-state index contributed by atoms with van der Waals surface area (Å²) in [6.45, 7) is 7.28.